The molecule has 1 heterocycles. The Hall–Kier alpha value is -0.330. The second-order valence-electron chi connectivity index (χ2n) is 7.66. The quantitative estimate of drug-likeness (QED) is 0.504. The summed E-state index contributed by atoms with van der Waals surface area (Å²) in [7, 11) is 6.52. The van der Waals surface area contributed by atoms with Gasteiger partial charge in [-0.2, -0.15) is 0 Å². The summed E-state index contributed by atoms with van der Waals surface area (Å²) in [6.45, 7) is 4.89. The average Bonchev–Trinajstić information content (AvgIpc) is 2.55. The van der Waals surface area contributed by atoms with Crippen molar-refractivity contribution in [3.8, 4) is 5.75 Å². The Bertz CT molecular complexity index is 502. The number of nitrogens with zero attached hydrogens (tertiary/aromatic N) is 2. The molecule has 1 aromatic rings. The largest absolute Gasteiger partial charge is 1.00 e. The van der Waals surface area contributed by atoms with Crippen molar-refractivity contribution in [2.75, 3.05) is 47.4 Å². The van der Waals surface area contributed by atoms with E-state index >= 15 is 0 Å². The highest BCUT2D eigenvalue weighted by molar-refractivity contribution is 5.39. The third kappa shape index (κ3) is 3.85. The first-order chi connectivity index (χ1) is 10.6. The number of rotatable bonds is 3. The van der Waals surface area contributed by atoms with Crippen LogP contribution >= 0.6 is 0 Å². The van der Waals surface area contributed by atoms with Crippen molar-refractivity contribution < 1.29 is 33.2 Å². The normalized spacial score (nSPS) is 23.8. The van der Waals surface area contributed by atoms with Crippen LogP contribution in [-0.2, 0) is 5.54 Å². The van der Waals surface area contributed by atoms with Crippen molar-refractivity contribution in [2.24, 2.45) is 0 Å². The highest BCUT2D eigenvalue weighted by Gasteiger charge is 2.43. The van der Waals surface area contributed by atoms with Crippen LogP contribution in [0.25, 0.3) is 0 Å². The number of ether oxygens (including phenoxy) is 1. The van der Waals surface area contributed by atoms with Gasteiger partial charge in [0.25, 0.3) is 0 Å². The first-order valence-corrected chi connectivity index (χ1v) is 8.78. The fraction of sp³-hybridized carbons (Fsp3) is 0.684. The molecule has 1 aliphatic heterocycles. The minimum atomic E-state index is 0. The van der Waals surface area contributed by atoms with E-state index in [4.69, 9.17) is 4.74 Å². The number of quaternary nitrogens is 1. The number of hydrogen-bond donors (Lipinski definition) is 0. The molecule has 0 spiro atoms. The highest BCUT2D eigenvalue weighted by Crippen LogP contribution is 2.46. The molecule has 2 fully saturated rings. The SMILES string of the molecule is COc1ccccc1C1(N2CC[N+](C)(C)CC2)CCCCC1.[I-]. The predicted octanol–water partition coefficient (Wildman–Crippen LogP) is 0.251. The molecular formula is C19H31IN2O. The van der Waals surface area contributed by atoms with E-state index in [2.05, 4.69) is 43.3 Å². The standard InChI is InChI=1S/C19H31N2O.HI/c1-21(2)15-13-20(14-16-21)19(11-7-4-8-12-19)17-9-5-6-10-18(17)22-3;/h5-6,9-10H,4,7-8,11-16H2,1-3H3;1H/q+1;/p-1. The summed E-state index contributed by atoms with van der Waals surface area (Å²) in [5.41, 5.74) is 1.62. The van der Waals surface area contributed by atoms with Crippen molar-refractivity contribution >= 4 is 0 Å². The molecule has 0 atom stereocenters. The lowest BCUT2D eigenvalue weighted by Gasteiger charge is -2.51. The molecule has 3 nitrogen and oxygen atoms in total. The van der Waals surface area contributed by atoms with Crippen LogP contribution in [0.2, 0.25) is 0 Å². The van der Waals surface area contributed by atoms with Gasteiger partial charge in [0.1, 0.15) is 5.75 Å². The summed E-state index contributed by atoms with van der Waals surface area (Å²) in [5.74, 6) is 1.07. The molecule has 0 bridgehead atoms. The Balaban J connectivity index is 0.00000192. The maximum Gasteiger partial charge on any atom is 0.123 e. The zero-order valence-electron chi connectivity index (χ0n) is 14.9. The van der Waals surface area contributed by atoms with Crippen LogP contribution in [0.1, 0.15) is 37.7 Å². The van der Waals surface area contributed by atoms with E-state index in [-0.39, 0.29) is 29.5 Å². The minimum Gasteiger partial charge on any atom is -1.00 e. The Morgan fingerprint density at radius 2 is 1.61 bits per heavy atom. The fourth-order valence-electron chi connectivity index (χ4n) is 4.36. The third-order valence-corrected chi connectivity index (χ3v) is 5.84. The molecule has 23 heavy (non-hydrogen) atoms. The van der Waals surface area contributed by atoms with Crippen LogP contribution in [0.15, 0.2) is 24.3 Å². The van der Waals surface area contributed by atoms with E-state index in [9.17, 15) is 0 Å². The second kappa shape index (κ2) is 7.70. The average molecular weight is 430 g/mol. The van der Waals surface area contributed by atoms with Gasteiger partial charge >= 0.3 is 0 Å². The molecule has 1 aliphatic carbocycles. The second-order valence-corrected chi connectivity index (χ2v) is 7.66. The first-order valence-electron chi connectivity index (χ1n) is 8.78. The summed E-state index contributed by atoms with van der Waals surface area (Å²) in [4.78, 5) is 2.77. The molecule has 1 saturated heterocycles. The van der Waals surface area contributed by atoms with Crippen LogP contribution < -0.4 is 28.7 Å². The topological polar surface area (TPSA) is 12.5 Å². The Morgan fingerprint density at radius 1 is 1.00 bits per heavy atom. The van der Waals surface area contributed by atoms with Gasteiger partial charge in [0.2, 0.25) is 0 Å². The molecule has 0 N–H and O–H groups in total. The summed E-state index contributed by atoms with van der Waals surface area (Å²) < 4.78 is 6.88. The van der Waals surface area contributed by atoms with Crippen LogP contribution in [0.3, 0.4) is 0 Å². The van der Waals surface area contributed by atoms with Crippen molar-refractivity contribution in [1.29, 1.82) is 0 Å². The van der Waals surface area contributed by atoms with E-state index < -0.39 is 0 Å². The zero-order chi connectivity index (χ0) is 15.6. The van der Waals surface area contributed by atoms with Gasteiger partial charge in [-0.3, -0.25) is 4.90 Å². The van der Waals surface area contributed by atoms with E-state index in [1.54, 1.807) is 0 Å². The molecule has 4 heteroatoms. The van der Waals surface area contributed by atoms with E-state index in [0.29, 0.717) is 0 Å². The lowest BCUT2D eigenvalue weighted by molar-refractivity contribution is -0.895. The van der Waals surface area contributed by atoms with Crippen LogP contribution in [-0.4, -0.2) is 56.8 Å². The molecule has 3 rings (SSSR count). The number of likely N-dealkylation sites (N-methyl/N-ethyl adjacent to an activating group) is 1. The number of para-hydroxylation sites is 1. The Morgan fingerprint density at radius 3 is 2.22 bits per heavy atom. The van der Waals surface area contributed by atoms with E-state index in [1.165, 1.54) is 63.8 Å². The van der Waals surface area contributed by atoms with Crippen molar-refractivity contribution in [1.82, 2.24) is 4.90 Å². The molecule has 130 valence electrons. The molecule has 0 unspecified atom stereocenters. The smallest absolute Gasteiger partial charge is 0.123 e. The van der Waals surface area contributed by atoms with Crippen molar-refractivity contribution in [3.05, 3.63) is 29.8 Å². The van der Waals surface area contributed by atoms with Gasteiger partial charge in [0, 0.05) is 18.7 Å². The molecule has 1 saturated carbocycles. The maximum absolute atomic E-state index is 5.72. The lowest BCUT2D eigenvalue weighted by Crippen LogP contribution is -3.00. The Labute approximate surface area is 158 Å². The molecule has 0 amide bonds. The summed E-state index contributed by atoms with van der Waals surface area (Å²) >= 11 is 0. The monoisotopic (exact) mass is 430 g/mol. The highest BCUT2D eigenvalue weighted by atomic mass is 127. The van der Waals surface area contributed by atoms with Crippen molar-refractivity contribution in [3.63, 3.8) is 0 Å². The van der Waals surface area contributed by atoms with Gasteiger partial charge in [0.05, 0.1) is 39.8 Å². The number of piperazine rings is 1. The number of methoxy groups -OCH3 is 1. The summed E-state index contributed by atoms with van der Waals surface area (Å²) in [6, 6.07) is 8.71. The van der Waals surface area contributed by atoms with Crippen LogP contribution in [0.4, 0.5) is 0 Å². The van der Waals surface area contributed by atoms with E-state index in [0.717, 1.165) is 10.2 Å². The molecule has 0 radical (unpaired) electrons. The Kier molecular flexibility index (Phi) is 6.36. The van der Waals surface area contributed by atoms with Gasteiger partial charge in [0.15, 0.2) is 0 Å². The van der Waals surface area contributed by atoms with Crippen LogP contribution in [0.5, 0.6) is 5.75 Å². The van der Waals surface area contributed by atoms with Gasteiger partial charge in [-0.15, -0.1) is 0 Å². The molecule has 1 aromatic carbocycles. The fourth-order valence-corrected chi connectivity index (χ4v) is 4.36. The van der Waals surface area contributed by atoms with Gasteiger partial charge < -0.3 is 33.2 Å². The van der Waals surface area contributed by atoms with E-state index in [1.807, 2.05) is 7.11 Å². The predicted molar refractivity (Wildman–Crippen MR) is 91.2 cm³/mol. The lowest BCUT2D eigenvalue weighted by atomic mass is 9.74. The molecular weight excluding hydrogens is 399 g/mol. The molecule has 0 aromatic heterocycles. The van der Waals surface area contributed by atoms with Gasteiger partial charge in [-0.05, 0) is 18.9 Å². The zero-order valence-corrected chi connectivity index (χ0v) is 17.0. The van der Waals surface area contributed by atoms with Gasteiger partial charge in [-0.25, -0.2) is 0 Å². The van der Waals surface area contributed by atoms with Gasteiger partial charge in [-0.1, -0.05) is 37.5 Å². The molecule has 2 aliphatic rings. The summed E-state index contributed by atoms with van der Waals surface area (Å²) in [5, 5.41) is 0. The number of benzene rings is 1. The van der Waals surface area contributed by atoms with Crippen LogP contribution in [0, 0.1) is 0 Å². The number of hydrogen-bond acceptors (Lipinski definition) is 2. The third-order valence-electron chi connectivity index (χ3n) is 5.84. The number of halogens is 1. The first kappa shape index (κ1) is 19.0. The van der Waals surface area contributed by atoms with Crippen molar-refractivity contribution in [2.45, 2.75) is 37.6 Å². The summed E-state index contributed by atoms with van der Waals surface area (Å²) in [6.07, 6.45) is 6.62. The minimum absolute atomic E-state index is 0. The maximum atomic E-state index is 5.72.